The van der Waals surface area contributed by atoms with Gasteiger partial charge in [0.05, 0.1) is 18.7 Å². The van der Waals surface area contributed by atoms with Crippen molar-refractivity contribution in [2.45, 2.75) is 25.7 Å². The zero-order valence-electron chi connectivity index (χ0n) is 21.6. The number of nitrogens with zero attached hydrogens (tertiary/aromatic N) is 3. The third kappa shape index (κ3) is 5.81. The van der Waals surface area contributed by atoms with Crippen LogP contribution in [0, 0.1) is 11.3 Å². The average Bonchev–Trinajstić information content (AvgIpc) is 3.30. The molecular weight excluding hydrogens is 525 g/mol. The lowest BCUT2D eigenvalue weighted by atomic mass is 9.77. The molecule has 0 saturated carbocycles. The van der Waals surface area contributed by atoms with E-state index in [-0.39, 0.29) is 23.2 Å². The maximum Gasteiger partial charge on any atom is 0.225 e. The molecule has 2 atom stereocenters. The first-order valence-electron chi connectivity index (χ1n) is 12.9. The molecule has 1 amide bonds. The van der Waals surface area contributed by atoms with Gasteiger partial charge in [-0.3, -0.25) is 15.6 Å². The number of hydrazine groups is 1. The molecule has 38 heavy (non-hydrogen) atoms. The first-order valence-corrected chi connectivity index (χ1v) is 13.6. The van der Waals surface area contributed by atoms with E-state index in [1.54, 1.807) is 25.4 Å². The minimum absolute atomic E-state index is 0.000506. The number of pyridine rings is 1. The van der Waals surface area contributed by atoms with Gasteiger partial charge >= 0.3 is 0 Å². The van der Waals surface area contributed by atoms with Crippen molar-refractivity contribution in [3.8, 4) is 5.88 Å². The van der Waals surface area contributed by atoms with Gasteiger partial charge in [0.1, 0.15) is 5.82 Å². The quantitative estimate of drug-likeness (QED) is 0.517. The van der Waals surface area contributed by atoms with Gasteiger partial charge in [0.15, 0.2) is 0 Å². The average molecular weight is 559 g/mol. The molecule has 2 fully saturated rings. The molecule has 2 N–H and O–H groups in total. The van der Waals surface area contributed by atoms with Crippen LogP contribution in [0.1, 0.15) is 31.2 Å². The van der Waals surface area contributed by atoms with E-state index >= 15 is 0 Å². The fourth-order valence-corrected chi connectivity index (χ4v) is 5.79. The van der Waals surface area contributed by atoms with Crippen LogP contribution in [0.3, 0.4) is 0 Å². The van der Waals surface area contributed by atoms with Crippen molar-refractivity contribution in [3.05, 3.63) is 82.1 Å². The van der Waals surface area contributed by atoms with Crippen molar-refractivity contribution < 1.29 is 14.3 Å². The van der Waals surface area contributed by atoms with Crippen molar-refractivity contribution in [2.24, 2.45) is 11.3 Å². The molecule has 0 radical (unpaired) electrons. The number of carbonyl (C=O) groups is 1. The van der Waals surface area contributed by atoms with Gasteiger partial charge in [0.2, 0.25) is 17.7 Å². The molecular formula is C28H33Cl2N5O3. The third-order valence-corrected chi connectivity index (χ3v) is 8.22. The highest BCUT2D eigenvalue weighted by Crippen LogP contribution is 2.44. The number of allylic oxidation sites excluding steroid dienone is 2. The summed E-state index contributed by atoms with van der Waals surface area (Å²) in [6.07, 6.45) is 7.09. The standard InChI is InChI=1S/C28H33Cl2N5O3/c1-28(18-38-25-9-7-22(30)15-31-25)17-35(16-23(28)19-3-5-21(29)6-4-19)27(36)20-11-13-34(14-12-20)24-8-10-26(37-2)33-32-24/h3-10,15,20,23,32-33H,11-14,16-18H2,1-2H3/t23-,28-/m1/s1. The molecule has 3 aliphatic heterocycles. The second-order valence-corrected chi connectivity index (χ2v) is 11.3. The molecule has 1 aromatic carbocycles. The number of nitrogens with one attached hydrogen (secondary N) is 2. The first-order chi connectivity index (χ1) is 18.3. The first kappa shape index (κ1) is 26.5. The minimum Gasteiger partial charge on any atom is -0.481 e. The molecule has 2 aromatic rings. The summed E-state index contributed by atoms with van der Waals surface area (Å²) >= 11 is 12.2. The summed E-state index contributed by atoms with van der Waals surface area (Å²) < 4.78 is 11.3. The lowest BCUT2D eigenvalue weighted by Crippen LogP contribution is -2.47. The fraction of sp³-hybridized carbons (Fsp3) is 0.429. The number of piperidine rings is 1. The third-order valence-electron chi connectivity index (χ3n) is 7.74. The zero-order chi connectivity index (χ0) is 26.7. The van der Waals surface area contributed by atoms with Gasteiger partial charge in [-0.2, -0.15) is 0 Å². The maximum absolute atomic E-state index is 13.7. The molecule has 10 heteroatoms. The maximum atomic E-state index is 13.7. The van der Waals surface area contributed by atoms with Gasteiger partial charge in [0, 0.05) is 66.8 Å². The number of amides is 1. The number of likely N-dealkylation sites (tertiary alicyclic amines) is 2. The van der Waals surface area contributed by atoms with Crippen LogP contribution in [0.25, 0.3) is 0 Å². The van der Waals surface area contributed by atoms with E-state index in [0.29, 0.717) is 41.5 Å². The van der Waals surface area contributed by atoms with E-state index in [4.69, 9.17) is 32.7 Å². The predicted molar refractivity (Wildman–Crippen MR) is 147 cm³/mol. The van der Waals surface area contributed by atoms with Gasteiger partial charge in [-0.1, -0.05) is 42.3 Å². The SMILES string of the molecule is COC1=CC=C(N2CCC(C(=O)N3C[C@H](c4ccc(Cl)cc4)[C@@](C)(COc4ccc(Cl)cn4)C3)CC2)NN1. The Labute approximate surface area is 233 Å². The highest BCUT2D eigenvalue weighted by atomic mass is 35.5. The Hall–Kier alpha value is -3.10. The number of halogens is 2. The van der Waals surface area contributed by atoms with Crippen LogP contribution in [0.4, 0.5) is 0 Å². The lowest BCUT2D eigenvalue weighted by molar-refractivity contribution is -0.136. The van der Waals surface area contributed by atoms with Crippen molar-refractivity contribution in [1.82, 2.24) is 25.6 Å². The summed E-state index contributed by atoms with van der Waals surface area (Å²) in [6.45, 7) is 5.51. The largest absolute Gasteiger partial charge is 0.481 e. The molecule has 202 valence electrons. The number of rotatable bonds is 7. The van der Waals surface area contributed by atoms with E-state index in [0.717, 1.165) is 37.3 Å². The smallest absolute Gasteiger partial charge is 0.225 e. The van der Waals surface area contributed by atoms with E-state index in [9.17, 15) is 4.79 Å². The van der Waals surface area contributed by atoms with Gasteiger partial charge in [-0.05, 0) is 42.7 Å². The van der Waals surface area contributed by atoms with E-state index < -0.39 is 0 Å². The Morgan fingerprint density at radius 2 is 1.82 bits per heavy atom. The Bertz CT molecular complexity index is 1200. The molecule has 2 saturated heterocycles. The number of hydrogen-bond acceptors (Lipinski definition) is 7. The molecule has 1 aromatic heterocycles. The van der Waals surface area contributed by atoms with Crippen LogP contribution in [-0.4, -0.2) is 60.6 Å². The molecule has 0 bridgehead atoms. The normalized spacial score (nSPS) is 23.7. The second kappa shape index (κ2) is 11.3. The number of ether oxygens (including phenoxy) is 2. The van der Waals surface area contributed by atoms with E-state index in [2.05, 4.69) is 39.8 Å². The van der Waals surface area contributed by atoms with Gasteiger partial charge in [0.25, 0.3) is 0 Å². The van der Waals surface area contributed by atoms with Crippen LogP contribution in [0.5, 0.6) is 5.88 Å². The van der Waals surface area contributed by atoms with Crippen molar-refractivity contribution >= 4 is 29.1 Å². The molecule has 8 nitrogen and oxygen atoms in total. The van der Waals surface area contributed by atoms with Crippen LogP contribution in [0.2, 0.25) is 10.0 Å². The molecule has 0 unspecified atom stereocenters. The van der Waals surface area contributed by atoms with E-state index in [1.807, 2.05) is 29.2 Å². The number of carbonyl (C=O) groups excluding carboxylic acids is 1. The van der Waals surface area contributed by atoms with Gasteiger partial charge in [-0.15, -0.1) is 0 Å². The van der Waals surface area contributed by atoms with Gasteiger partial charge < -0.3 is 19.3 Å². The monoisotopic (exact) mass is 557 g/mol. The second-order valence-electron chi connectivity index (χ2n) is 10.4. The minimum atomic E-state index is -0.292. The molecule has 0 spiro atoms. The highest BCUT2D eigenvalue weighted by Gasteiger charge is 2.47. The van der Waals surface area contributed by atoms with Crippen LogP contribution in [-0.2, 0) is 9.53 Å². The van der Waals surface area contributed by atoms with Crippen molar-refractivity contribution in [1.29, 1.82) is 0 Å². The highest BCUT2D eigenvalue weighted by molar-refractivity contribution is 6.30. The summed E-state index contributed by atoms with van der Waals surface area (Å²) in [6, 6.07) is 11.5. The topological polar surface area (TPSA) is 79.0 Å². The number of hydrogen-bond donors (Lipinski definition) is 2. The zero-order valence-corrected chi connectivity index (χ0v) is 23.1. The molecule has 5 rings (SSSR count). The number of benzene rings is 1. The Kier molecular flexibility index (Phi) is 7.91. The predicted octanol–water partition coefficient (Wildman–Crippen LogP) is 4.55. The number of methoxy groups -OCH3 is 1. The summed E-state index contributed by atoms with van der Waals surface area (Å²) in [5.74, 6) is 2.52. The van der Waals surface area contributed by atoms with Crippen LogP contribution < -0.4 is 15.6 Å². The van der Waals surface area contributed by atoms with Crippen molar-refractivity contribution in [3.63, 3.8) is 0 Å². The Morgan fingerprint density at radius 1 is 1.08 bits per heavy atom. The van der Waals surface area contributed by atoms with Crippen molar-refractivity contribution in [2.75, 3.05) is 39.9 Å². The number of aromatic nitrogens is 1. The summed E-state index contributed by atoms with van der Waals surface area (Å²) in [5.41, 5.74) is 7.06. The molecule has 0 aliphatic carbocycles. The fourth-order valence-electron chi connectivity index (χ4n) is 5.55. The van der Waals surface area contributed by atoms with E-state index in [1.165, 1.54) is 0 Å². The summed E-state index contributed by atoms with van der Waals surface area (Å²) in [5, 5.41) is 1.26. The van der Waals surface area contributed by atoms with Crippen LogP contribution in [0.15, 0.2) is 66.5 Å². The summed E-state index contributed by atoms with van der Waals surface area (Å²) in [4.78, 5) is 22.3. The van der Waals surface area contributed by atoms with Crippen LogP contribution >= 0.6 is 23.2 Å². The Balaban J connectivity index is 1.26. The Morgan fingerprint density at radius 3 is 2.45 bits per heavy atom. The van der Waals surface area contributed by atoms with Gasteiger partial charge in [-0.25, -0.2) is 4.98 Å². The lowest BCUT2D eigenvalue weighted by Gasteiger charge is -2.37. The summed E-state index contributed by atoms with van der Waals surface area (Å²) in [7, 11) is 1.62. The molecule has 4 heterocycles. The molecule has 3 aliphatic rings.